The summed E-state index contributed by atoms with van der Waals surface area (Å²) >= 11 is 0. The second-order valence-corrected chi connectivity index (χ2v) is 3.93. The molecule has 0 fully saturated rings. The predicted molar refractivity (Wildman–Crippen MR) is 62.3 cm³/mol. The summed E-state index contributed by atoms with van der Waals surface area (Å²) in [4.78, 5) is 16.8. The van der Waals surface area contributed by atoms with Crippen LogP contribution in [0.1, 0.15) is 17.4 Å². The summed E-state index contributed by atoms with van der Waals surface area (Å²) in [5.74, 6) is 0.430. The van der Waals surface area contributed by atoms with Gasteiger partial charge in [0.25, 0.3) is 0 Å². The maximum Gasteiger partial charge on any atom is 0.433 e. The number of anilines is 1. The van der Waals surface area contributed by atoms with Crippen molar-refractivity contribution >= 4 is 11.4 Å². The van der Waals surface area contributed by atoms with Crippen LogP contribution in [0.3, 0.4) is 0 Å². The molecular formula is C10H8F3N5O3. The molecular weight excluding hydrogens is 295 g/mol. The van der Waals surface area contributed by atoms with E-state index in [1.165, 1.54) is 0 Å². The number of rotatable bonds is 4. The Morgan fingerprint density at radius 3 is 2.71 bits per heavy atom. The monoisotopic (exact) mass is 303 g/mol. The summed E-state index contributed by atoms with van der Waals surface area (Å²) < 4.78 is 42.5. The van der Waals surface area contributed by atoms with E-state index in [0.717, 1.165) is 0 Å². The van der Waals surface area contributed by atoms with Crippen molar-refractivity contribution in [3.63, 3.8) is 0 Å². The first-order valence-electron chi connectivity index (χ1n) is 5.52. The highest BCUT2D eigenvalue weighted by Crippen LogP contribution is 2.32. The van der Waals surface area contributed by atoms with Crippen molar-refractivity contribution in [3.05, 3.63) is 39.8 Å². The third-order valence-electron chi connectivity index (χ3n) is 2.37. The van der Waals surface area contributed by atoms with Crippen LogP contribution < -0.4 is 5.32 Å². The number of hydrogen-bond donors (Lipinski definition) is 1. The molecule has 21 heavy (non-hydrogen) atoms. The van der Waals surface area contributed by atoms with Gasteiger partial charge in [-0.1, -0.05) is 5.16 Å². The Balaban J connectivity index is 2.28. The molecule has 0 bridgehead atoms. The van der Waals surface area contributed by atoms with Gasteiger partial charge < -0.3 is 9.84 Å². The number of nitro groups is 1. The van der Waals surface area contributed by atoms with Gasteiger partial charge in [-0.2, -0.15) is 18.2 Å². The largest absolute Gasteiger partial charge is 0.433 e. The molecule has 0 aliphatic heterocycles. The van der Waals surface area contributed by atoms with Gasteiger partial charge in [-0.15, -0.1) is 0 Å². The maximum atomic E-state index is 12.6. The minimum absolute atomic E-state index is 0.0900. The Hall–Kier alpha value is -2.72. The zero-order valence-corrected chi connectivity index (χ0v) is 10.5. The summed E-state index contributed by atoms with van der Waals surface area (Å²) in [7, 11) is 0. The summed E-state index contributed by atoms with van der Waals surface area (Å²) in [5.41, 5.74) is -2.16. The Labute approximate surface area is 115 Å². The molecule has 0 amide bonds. The lowest BCUT2D eigenvalue weighted by Gasteiger charge is -2.09. The van der Waals surface area contributed by atoms with Crippen LogP contribution in [0.5, 0.6) is 0 Å². The van der Waals surface area contributed by atoms with E-state index in [0.29, 0.717) is 18.1 Å². The summed E-state index contributed by atoms with van der Waals surface area (Å²) in [5, 5.41) is 16.7. The molecule has 0 aromatic carbocycles. The average molecular weight is 303 g/mol. The fraction of sp³-hybridized carbons (Fsp3) is 0.300. The Morgan fingerprint density at radius 2 is 2.19 bits per heavy atom. The molecule has 0 saturated heterocycles. The third kappa shape index (κ3) is 3.43. The molecule has 1 N–H and O–H groups in total. The van der Waals surface area contributed by atoms with Gasteiger partial charge in [0.2, 0.25) is 5.89 Å². The van der Waals surface area contributed by atoms with Crippen molar-refractivity contribution in [2.45, 2.75) is 19.6 Å². The molecule has 0 atom stereocenters. The highest BCUT2D eigenvalue weighted by Gasteiger charge is 2.34. The third-order valence-corrected chi connectivity index (χ3v) is 2.37. The smallest absolute Gasteiger partial charge is 0.370 e. The maximum absolute atomic E-state index is 12.6. The molecule has 0 unspecified atom stereocenters. The van der Waals surface area contributed by atoms with E-state index in [9.17, 15) is 23.3 Å². The van der Waals surface area contributed by atoms with Gasteiger partial charge in [-0.05, 0) is 13.0 Å². The number of halogens is 3. The highest BCUT2D eigenvalue weighted by atomic mass is 19.4. The van der Waals surface area contributed by atoms with Crippen molar-refractivity contribution in [2.75, 3.05) is 5.32 Å². The topological polar surface area (TPSA) is 107 Å². The summed E-state index contributed by atoms with van der Waals surface area (Å²) in [6.07, 6.45) is -4.16. The van der Waals surface area contributed by atoms with Gasteiger partial charge in [0.15, 0.2) is 5.82 Å². The number of aromatic nitrogens is 3. The standard InChI is InChI=1S/C10H8F3N5O3/c1-5-16-9(21-17-5)4-14-6-2-8(10(11,12)13)15-3-7(6)18(19)20/h2-3H,4H2,1H3,(H,14,15). The van der Waals surface area contributed by atoms with E-state index in [2.05, 4.69) is 20.4 Å². The van der Waals surface area contributed by atoms with Gasteiger partial charge in [-0.25, -0.2) is 4.98 Å². The van der Waals surface area contributed by atoms with Crippen molar-refractivity contribution in [1.29, 1.82) is 0 Å². The lowest BCUT2D eigenvalue weighted by atomic mass is 10.2. The number of pyridine rings is 1. The average Bonchev–Trinajstić information content (AvgIpc) is 2.80. The first-order chi connectivity index (χ1) is 9.77. The van der Waals surface area contributed by atoms with E-state index >= 15 is 0 Å². The van der Waals surface area contributed by atoms with E-state index in [1.807, 2.05) is 0 Å². The molecule has 2 heterocycles. The van der Waals surface area contributed by atoms with Crippen molar-refractivity contribution in [1.82, 2.24) is 15.1 Å². The first kappa shape index (κ1) is 14.7. The van der Waals surface area contributed by atoms with E-state index < -0.39 is 22.5 Å². The Bertz CT molecular complexity index is 670. The Kier molecular flexibility index (Phi) is 3.74. The van der Waals surface area contributed by atoms with Crippen LogP contribution in [-0.4, -0.2) is 20.0 Å². The fourth-order valence-electron chi connectivity index (χ4n) is 1.47. The van der Waals surface area contributed by atoms with Crippen LogP contribution in [0.25, 0.3) is 0 Å². The van der Waals surface area contributed by atoms with Crippen molar-refractivity contribution < 1.29 is 22.6 Å². The van der Waals surface area contributed by atoms with Gasteiger partial charge in [0.1, 0.15) is 17.6 Å². The van der Waals surface area contributed by atoms with Crippen LogP contribution in [-0.2, 0) is 12.7 Å². The zero-order chi connectivity index (χ0) is 15.6. The van der Waals surface area contributed by atoms with E-state index in [-0.39, 0.29) is 18.1 Å². The van der Waals surface area contributed by atoms with Crippen molar-refractivity contribution in [2.24, 2.45) is 0 Å². The molecule has 2 rings (SSSR count). The normalized spacial score (nSPS) is 11.4. The number of nitrogens with zero attached hydrogens (tertiary/aromatic N) is 4. The lowest BCUT2D eigenvalue weighted by Crippen LogP contribution is -2.11. The first-order valence-corrected chi connectivity index (χ1v) is 5.52. The van der Waals surface area contributed by atoms with Crippen LogP contribution in [0.15, 0.2) is 16.8 Å². The SMILES string of the molecule is Cc1noc(CNc2cc(C(F)(F)F)ncc2[N+](=O)[O-])n1. The molecule has 2 aromatic rings. The minimum Gasteiger partial charge on any atom is -0.370 e. The van der Waals surface area contributed by atoms with Gasteiger partial charge in [-0.3, -0.25) is 10.1 Å². The molecule has 2 aromatic heterocycles. The number of alkyl halides is 3. The summed E-state index contributed by atoms with van der Waals surface area (Å²) in [6.45, 7) is 1.41. The van der Waals surface area contributed by atoms with Gasteiger partial charge in [0.05, 0.1) is 11.5 Å². The van der Waals surface area contributed by atoms with Gasteiger partial charge in [0, 0.05) is 0 Å². The minimum atomic E-state index is -4.70. The number of aryl methyl sites for hydroxylation is 1. The van der Waals surface area contributed by atoms with Gasteiger partial charge >= 0.3 is 11.9 Å². The predicted octanol–water partition coefficient (Wildman–Crippen LogP) is 2.31. The van der Waals surface area contributed by atoms with Crippen LogP contribution in [0.2, 0.25) is 0 Å². The second-order valence-electron chi connectivity index (χ2n) is 3.93. The van der Waals surface area contributed by atoms with Crippen LogP contribution in [0, 0.1) is 17.0 Å². The van der Waals surface area contributed by atoms with Crippen molar-refractivity contribution in [3.8, 4) is 0 Å². The molecule has 112 valence electrons. The number of nitrogens with one attached hydrogen (secondary N) is 1. The van der Waals surface area contributed by atoms with E-state index in [1.54, 1.807) is 6.92 Å². The molecule has 0 radical (unpaired) electrons. The number of hydrogen-bond acceptors (Lipinski definition) is 7. The zero-order valence-electron chi connectivity index (χ0n) is 10.5. The van der Waals surface area contributed by atoms with Crippen LogP contribution in [0.4, 0.5) is 24.5 Å². The second kappa shape index (κ2) is 5.34. The quantitative estimate of drug-likeness (QED) is 0.682. The molecule has 0 aliphatic rings. The van der Waals surface area contributed by atoms with Crippen LogP contribution >= 0.6 is 0 Å². The lowest BCUT2D eigenvalue weighted by molar-refractivity contribution is -0.384. The molecule has 11 heteroatoms. The molecule has 8 nitrogen and oxygen atoms in total. The summed E-state index contributed by atoms with van der Waals surface area (Å²) in [6, 6.07) is 0.557. The molecule has 0 saturated carbocycles. The molecule has 0 aliphatic carbocycles. The van der Waals surface area contributed by atoms with E-state index in [4.69, 9.17) is 4.52 Å². The fourth-order valence-corrected chi connectivity index (χ4v) is 1.47. The molecule has 0 spiro atoms. The Morgan fingerprint density at radius 1 is 1.48 bits per heavy atom. The highest BCUT2D eigenvalue weighted by molar-refractivity contribution is 5.61.